The standard InChI is InChI=1S/C16H18F3N3OS/c1-8-7-24-15(20-8)12-13(21-9(2)22-14(12)23)10-3-5-11(6-4-10)16(17,18)19/h7,10-11H,3-6H2,1-2H3,(H,21,22,23)/t10-,11+. The molecule has 3 rings (SSSR count). The molecule has 2 aromatic rings. The summed E-state index contributed by atoms with van der Waals surface area (Å²) in [6.07, 6.45) is -3.21. The fourth-order valence-electron chi connectivity index (χ4n) is 3.27. The van der Waals surface area contributed by atoms with Crippen LogP contribution in [-0.4, -0.2) is 21.1 Å². The van der Waals surface area contributed by atoms with E-state index in [9.17, 15) is 18.0 Å². The van der Waals surface area contributed by atoms with Crippen molar-refractivity contribution >= 4 is 11.3 Å². The number of aromatic amines is 1. The third-order valence-corrected chi connectivity index (χ3v) is 5.45. The van der Waals surface area contributed by atoms with Gasteiger partial charge in [0.15, 0.2) is 0 Å². The third kappa shape index (κ3) is 3.38. The Morgan fingerprint density at radius 1 is 1.17 bits per heavy atom. The molecule has 0 bridgehead atoms. The Kier molecular flexibility index (Phi) is 4.50. The molecule has 0 saturated heterocycles. The quantitative estimate of drug-likeness (QED) is 0.869. The Bertz CT molecular complexity index is 789. The Morgan fingerprint density at radius 3 is 2.38 bits per heavy atom. The average molecular weight is 357 g/mol. The van der Waals surface area contributed by atoms with Gasteiger partial charge in [-0.2, -0.15) is 13.2 Å². The molecule has 130 valence electrons. The van der Waals surface area contributed by atoms with Crippen LogP contribution in [0.3, 0.4) is 0 Å². The number of alkyl halides is 3. The van der Waals surface area contributed by atoms with Gasteiger partial charge < -0.3 is 4.98 Å². The molecule has 0 aliphatic heterocycles. The van der Waals surface area contributed by atoms with E-state index in [1.54, 1.807) is 6.92 Å². The molecule has 0 spiro atoms. The number of rotatable bonds is 2. The number of hydrogen-bond donors (Lipinski definition) is 1. The fraction of sp³-hybridized carbons (Fsp3) is 0.562. The normalized spacial score (nSPS) is 21.9. The van der Waals surface area contributed by atoms with Crippen LogP contribution in [0.5, 0.6) is 0 Å². The van der Waals surface area contributed by atoms with Crippen LogP contribution in [0.25, 0.3) is 10.6 Å². The van der Waals surface area contributed by atoms with E-state index >= 15 is 0 Å². The van der Waals surface area contributed by atoms with Gasteiger partial charge in [-0.15, -0.1) is 11.3 Å². The number of aromatic nitrogens is 3. The maximum Gasteiger partial charge on any atom is 0.391 e. The fourth-order valence-corrected chi connectivity index (χ4v) is 4.12. The van der Waals surface area contributed by atoms with Gasteiger partial charge in [-0.05, 0) is 39.5 Å². The van der Waals surface area contributed by atoms with Crippen molar-refractivity contribution in [3.05, 3.63) is 32.9 Å². The summed E-state index contributed by atoms with van der Waals surface area (Å²) < 4.78 is 38.6. The van der Waals surface area contributed by atoms with Gasteiger partial charge in [0, 0.05) is 17.0 Å². The molecule has 0 aromatic carbocycles. The summed E-state index contributed by atoms with van der Waals surface area (Å²) in [6, 6.07) is 0. The van der Waals surface area contributed by atoms with Crippen LogP contribution in [0.4, 0.5) is 13.2 Å². The highest BCUT2D eigenvalue weighted by Crippen LogP contribution is 2.43. The molecular weight excluding hydrogens is 339 g/mol. The van der Waals surface area contributed by atoms with Crippen LogP contribution in [0.2, 0.25) is 0 Å². The molecule has 8 heteroatoms. The highest BCUT2D eigenvalue weighted by atomic mass is 32.1. The number of H-pyrrole nitrogens is 1. The SMILES string of the molecule is Cc1csc(-c2c(=O)[nH]c(C)nc2[C@H]2CC[C@@H](C(F)(F)F)CC2)n1. The molecule has 1 fully saturated rings. The second-order valence-corrected chi connectivity index (χ2v) is 7.15. The van der Waals surface area contributed by atoms with E-state index in [0.717, 1.165) is 5.69 Å². The first-order valence-corrected chi connectivity index (χ1v) is 8.73. The number of nitrogens with zero attached hydrogens (tertiary/aromatic N) is 2. The van der Waals surface area contributed by atoms with Crippen LogP contribution in [0.1, 0.15) is 48.8 Å². The number of aryl methyl sites for hydroxylation is 2. The molecule has 4 nitrogen and oxygen atoms in total. The monoisotopic (exact) mass is 357 g/mol. The summed E-state index contributed by atoms with van der Waals surface area (Å²) in [4.78, 5) is 23.9. The Labute approximate surface area is 141 Å². The number of thiazole rings is 1. The summed E-state index contributed by atoms with van der Waals surface area (Å²) in [6.45, 7) is 3.52. The van der Waals surface area contributed by atoms with Crippen LogP contribution < -0.4 is 5.56 Å². The van der Waals surface area contributed by atoms with Crippen LogP contribution in [-0.2, 0) is 0 Å². The second kappa shape index (κ2) is 6.31. The molecule has 2 aromatic heterocycles. The lowest BCUT2D eigenvalue weighted by Gasteiger charge is -2.30. The van der Waals surface area contributed by atoms with Crippen LogP contribution in [0, 0.1) is 19.8 Å². The highest BCUT2D eigenvalue weighted by Gasteiger charge is 2.42. The molecule has 0 unspecified atom stereocenters. The molecule has 0 radical (unpaired) electrons. The van der Waals surface area contributed by atoms with E-state index in [0.29, 0.717) is 34.9 Å². The van der Waals surface area contributed by atoms with E-state index in [1.165, 1.54) is 11.3 Å². The van der Waals surface area contributed by atoms with Crippen molar-refractivity contribution in [1.29, 1.82) is 0 Å². The van der Waals surface area contributed by atoms with E-state index in [2.05, 4.69) is 15.0 Å². The molecule has 0 atom stereocenters. The molecule has 1 N–H and O–H groups in total. The lowest BCUT2D eigenvalue weighted by molar-refractivity contribution is -0.182. The zero-order valence-corrected chi connectivity index (χ0v) is 14.2. The summed E-state index contributed by atoms with van der Waals surface area (Å²) in [5, 5.41) is 2.42. The lowest BCUT2D eigenvalue weighted by Crippen LogP contribution is -2.28. The van der Waals surface area contributed by atoms with Crippen molar-refractivity contribution < 1.29 is 13.2 Å². The largest absolute Gasteiger partial charge is 0.391 e. The molecule has 1 aliphatic carbocycles. The molecule has 1 saturated carbocycles. The second-order valence-electron chi connectivity index (χ2n) is 6.30. The van der Waals surface area contributed by atoms with Crippen molar-refractivity contribution in [2.24, 2.45) is 5.92 Å². The Morgan fingerprint density at radius 2 is 1.83 bits per heavy atom. The van der Waals surface area contributed by atoms with Crippen molar-refractivity contribution in [1.82, 2.24) is 15.0 Å². The minimum absolute atomic E-state index is 0.0814. The molecule has 2 heterocycles. The average Bonchev–Trinajstić information content (AvgIpc) is 2.92. The van der Waals surface area contributed by atoms with Gasteiger partial charge in [-0.25, -0.2) is 9.97 Å². The van der Waals surface area contributed by atoms with Gasteiger partial charge in [-0.1, -0.05) is 0 Å². The van der Waals surface area contributed by atoms with E-state index in [1.807, 2.05) is 12.3 Å². The smallest absolute Gasteiger partial charge is 0.310 e. The first-order valence-electron chi connectivity index (χ1n) is 7.85. The molecule has 1 aliphatic rings. The summed E-state index contributed by atoms with van der Waals surface area (Å²) >= 11 is 1.35. The maximum absolute atomic E-state index is 12.9. The van der Waals surface area contributed by atoms with Crippen molar-refractivity contribution in [3.8, 4) is 10.6 Å². The lowest BCUT2D eigenvalue weighted by atomic mass is 9.79. The Balaban J connectivity index is 1.95. The van der Waals surface area contributed by atoms with Crippen LogP contribution in [0.15, 0.2) is 10.2 Å². The molecule has 24 heavy (non-hydrogen) atoms. The van der Waals surface area contributed by atoms with E-state index in [-0.39, 0.29) is 24.3 Å². The third-order valence-electron chi connectivity index (χ3n) is 4.48. The van der Waals surface area contributed by atoms with E-state index < -0.39 is 12.1 Å². The van der Waals surface area contributed by atoms with Crippen molar-refractivity contribution in [2.75, 3.05) is 0 Å². The van der Waals surface area contributed by atoms with Gasteiger partial charge >= 0.3 is 6.18 Å². The first kappa shape index (κ1) is 17.1. The van der Waals surface area contributed by atoms with Crippen LogP contribution >= 0.6 is 11.3 Å². The number of hydrogen-bond acceptors (Lipinski definition) is 4. The zero-order valence-electron chi connectivity index (χ0n) is 13.4. The summed E-state index contributed by atoms with van der Waals surface area (Å²) in [5.74, 6) is -0.906. The van der Waals surface area contributed by atoms with Gasteiger partial charge in [-0.3, -0.25) is 4.79 Å². The van der Waals surface area contributed by atoms with Crippen molar-refractivity contribution in [3.63, 3.8) is 0 Å². The summed E-state index contributed by atoms with van der Waals surface area (Å²) in [7, 11) is 0. The maximum atomic E-state index is 12.9. The predicted octanol–water partition coefficient (Wildman–Crippen LogP) is 4.35. The molecular formula is C16H18F3N3OS. The van der Waals surface area contributed by atoms with E-state index in [4.69, 9.17) is 0 Å². The minimum atomic E-state index is -4.14. The zero-order chi connectivity index (χ0) is 17.5. The topological polar surface area (TPSA) is 58.6 Å². The predicted molar refractivity (Wildman–Crippen MR) is 86.2 cm³/mol. The van der Waals surface area contributed by atoms with Gasteiger partial charge in [0.05, 0.1) is 17.2 Å². The minimum Gasteiger partial charge on any atom is -0.310 e. The number of halogens is 3. The number of nitrogens with one attached hydrogen (secondary N) is 1. The van der Waals surface area contributed by atoms with Gasteiger partial charge in [0.25, 0.3) is 5.56 Å². The Hall–Kier alpha value is -1.70. The highest BCUT2D eigenvalue weighted by molar-refractivity contribution is 7.13. The summed E-state index contributed by atoms with van der Waals surface area (Å²) in [5.41, 5.74) is 1.53. The van der Waals surface area contributed by atoms with Gasteiger partial charge in [0.1, 0.15) is 10.8 Å². The molecule has 0 amide bonds. The van der Waals surface area contributed by atoms with Crippen molar-refractivity contribution in [2.45, 2.75) is 51.6 Å². The van der Waals surface area contributed by atoms with Gasteiger partial charge in [0.2, 0.25) is 0 Å². The first-order chi connectivity index (χ1) is 11.3.